The molecule has 2 rings (SSSR count). The van der Waals surface area contributed by atoms with E-state index in [9.17, 15) is 9.59 Å². The van der Waals surface area contributed by atoms with Crippen LogP contribution in [0.5, 0.6) is 0 Å². The molecule has 1 aromatic heterocycles. The molecule has 0 aliphatic carbocycles. The monoisotopic (exact) mass is 344 g/mol. The predicted molar refractivity (Wildman–Crippen MR) is 98.2 cm³/mol. The number of nitrogens with one attached hydrogen (secondary N) is 2. The first-order chi connectivity index (χ1) is 11.5. The first kappa shape index (κ1) is 18.2. The maximum Gasteiger partial charge on any atom is 0.279 e. The van der Waals surface area contributed by atoms with Crippen LogP contribution in [0.4, 0.5) is 0 Å². The van der Waals surface area contributed by atoms with Crippen molar-refractivity contribution in [2.45, 2.75) is 46.5 Å². The molecule has 2 N–H and O–H groups in total. The van der Waals surface area contributed by atoms with Gasteiger partial charge in [0.05, 0.1) is 4.88 Å². The normalized spacial score (nSPS) is 10.5. The maximum atomic E-state index is 12.1. The highest BCUT2D eigenvalue weighted by Crippen LogP contribution is 2.21. The summed E-state index contributed by atoms with van der Waals surface area (Å²) in [5.74, 6) is -0.449. The molecule has 128 valence electrons. The van der Waals surface area contributed by atoms with E-state index in [4.69, 9.17) is 0 Å². The van der Waals surface area contributed by atoms with Crippen molar-refractivity contribution in [3.63, 3.8) is 0 Å². The summed E-state index contributed by atoms with van der Waals surface area (Å²) in [4.78, 5) is 25.8. The smallest absolute Gasteiger partial charge is 0.273 e. The van der Waals surface area contributed by atoms with E-state index in [1.165, 1.54) is 21.8 Å². The van der Waals surface area contributed by atoms with Crippen molar-refractivity contribution in [3.05, 3.63) is 56.8 Å². The van der Waals surface area contributed by atoms with E-state index in [1.54, 1.807) is 0 Å². The molecule has 0 spiro atoms. The topological polar surface area (TPSA) is 58.2 Å². The highest BCUT2D eigenvalue weighted by atomic mass is 32.1. The van der Waals surface area contributed by atoms with E-state index in [0.29, 0.717) is 17.7 Å². The van der Waals surface area contributed by atoms with Crippen molar-refractivity contribution < 1.29 is 9.59 Å². The molecule has 1 aromatic carbocycles. The zero-order valence-corrected chi connectivity index (χ0v) is 15.3. The van der Waals surface area contributed by atoms with Crippen LogP contribution in [0.15, 0.2) is 30.3 Å². The Balaban J connectivity index is 1.78. The number of thiophene rings is 1. The Morgan fingerprint density at radius 3 is 2.25 bits per heavy atom. The van der Waals surface area contributed by atoms with Gasteiger partial charge in [-0.1, -0.05) is 38.1 Å². The van der Waals surface area contributed by atoms with Gasteiger partial charge in [-0.15, -0.1) is 11.3 Å². The molecular formula is C19H24N2O2S. The summed E-state index contributed by atoms with van der Waals surface area (Å²) in [5.41, 5.74) is 8.50. The summed E-state index contributed by atoms with van der Waals surface area (Å²) in [6.45, 7) is 6.17. The minimum Gasteiger partial charge on any atom is -0.273 e. The number of aryl methyl sites for hydroxylation is 4. The predicted octanol–water partition coefficient (Wildman–Crippen LogP) is 3.58. The van der Waals surface area contributed by atoms with Crippen LogP contribution < -0.4 is 10.9 Å². The summed E-state index contributed by atoms with van der Waals surface area (Å²) in [5, 5.41) is 0. The van der Waals surface area contributed by atoms with Crippen LogP contribution >= 0.6 is 11.3 Å². The number of hydrazine groups is 1. The quantitative estimate of drug-likeness (QED) is 0.787. The fraction of sp³-hybridized carbons (Fsp3) is 0.368. The molecular weight excluding hydrogens is 320 g/mol. The molecule has 0 fully saturated rings. The van der Waals surface area contributed by atoms with Crippen LogP contribution in [0.3, 0.4) is 0 Å². The molecule has 0 bridgehead atoms. The number of benzene rings is 1. The first-order valence-corrected chi connectivity index (χ1v) is 9.11. The Bertz CT molecular complexity index is 705. The third-order valence-electron chi connectivity index (χ3n) is 3.95. The maximum absolute atomic E-state index is 12.1. The molecule has 4 nitrogen and oxygen atoms in total. The van der Waals surface area contributed by atoms with Gasteiger partial charge in [0.25, 0.3) is 5.91 Å². The number of carbonyl (C=O) groups is 2. The lowest BCUT2D eigenvalue weighted by atomic mass is 10.1. The van der Waals surface area contributed by atoms with Gasteiger partial charge in [-0.2, -0.15) is 0 Å². The zero-order valence-electron chi connectivity index (χ0n) is 14.4. The minimum absolute atomic E-state index is 0.188. The second kappa shape index (κ2) is 8.64. The Hall–Kier alpha value is -2.14. The Kier molecular flexibility index (Phi) is 6.55. The minimum atomic E-state index is -0.261. The Morgan fingerprint density at radius 1 is 1.00 bits per heavy atom. The molecule has 2 aromatic rings. The Labute approximate surface area is 147 Å². The van der Waals surface area contributed by atoms with Gasteiger partial charge >= 0.3 is 0 Å². The van der Waals surface area contributed by atoms with Gasteiger partial charge in [0.1, 0.15) is 0 Å². The van der Waals surface area contributed by atoms with Crippen LogP contribution in [0.1, 0.15) is 51.5 Å². The molecule has 0 aliphatic rings. The standard InChI is InChI=1S/C19H24N2O2S/c1-4-14-6-8-15(9-7-14)10-11-18(22)20-21-19(23)17-12-13(3)16(5-2)24-17/h6-9,12H,4-5,10-11H2,1-3H3,(H,20,22)(H,21,23). The summed E-state index contributed by atoms with van der Waals surface area (Å²) >= 11 is 1.47. The molecule has 1 heterocycles. The largest absolute Gasteiger partial charge is 0.279 e. The number of hydrogen-bond donors (Lipinski definition) is 2. The lowest BCUT2D eigenvalue weighted by Gasteiger charge is -2.06. The zero-order chi connectivity index (χ0) is 17.5. The summed E-state index contributed by atoms with van der Waals surface area (Å²) in [7, 11) is 0. The fourth-order valence-corrected chi connectivity index (χ4v) is 3.44. The number of amides is 2. The van der Waals surface area contributed by atoms with Crippen molar-refractivity contribution in [1.82, 2.24) is 10.9 Å². The average molecular weight is 344 g/mol. The third kappa shape index (κ3) is 4.93. The molecule has 24 heavy (non-hydrogen) atoms. The van der Waals surface area contributed by atoms with E-state index in [0.717, 1.165) is 24.0 Å². The number of rotatable bonds is 6. The van der Waals surface area contributed by atoms with Gasteiger partial charge in [-0.25, -0.2) is 0 Å². The Morgan fingerprint density at radius 2 is 1.67 bits per heavy atom. The van der Waals surface area contributed by atoms with Gasteiger partial charge in [0.2, 0.25) is 5.91 Å². The van der Waals surface area contributed by atoms with Crippen molar-refractivity contribution in [3.8, 4) is 0 Å². The molecule has 0 aliphatic heterocycles. The van der Waals surface area contributed by atoms with Crippen LogP contribution in [0, 0.1) is 6.92 Å². The summed E-state index contributed by atoms with van der Waals surface area (Å²) in [6.07, 6.45) is 2.92. The number of hydrogen-bond acceptors (Lipinski definition) is 3. The number of carbonyl (C=O) groups excluding carboxylic acids is 2. The van der Waals surface area contributed by atoms with Crippen LogP contribution in [-0.2, 0) is 24.1 Å². The molecule has 5 heteroatoms. The fourth-order valence-electron chi connectivity index (χ4n) is 2.43. The molecule has 0 saturated carbocycles. The van der Waals surface area contributed by atoms with Crippen molar-refractivity contribution in [2.75, 3.05) is 0 Å². The van der Waals surface area contributed by atoms with Gasteiger partial charge in [-0.05, 0) is 48.9 Å². The molecule has 0 unspecified atom stereocenters. The van der Waals surface area contributed by atoms with Gasteiger partial charge in [0, 0.05) is 11.3 Å². The van der Waals surface area contributed by atoms with Crippen LogP contribution in [-0.4, -0.2) is 11.8 Å². The van der Waals surface area contributed by atoms with E-state index in [-0.39, 0.29) is 11.8 Å². The van der Waals surface area contributed by atoms with E-state index < -0.39 is 0 Å². The molecule has 2 amide bonds. The highest BCUT2D eigenvalue weighted by molar-refractivity contribution is 7.14. The molecule has 0 saturated heterocycles. The van der Waals surface area contributed by atoms with Crippen LogP contribution in [0.2, 0.25) is 0 Å². The van der Waals surface area contributed by atoms with Crippen molar-refractivity contribution in [2.24, 2.45) is 0 Å². The third-order valence-corrected chi connectivity index (χ3v) is 5.33. The summed E-state index contributed by atoms with van der Waals surface area (Å²) < 4.78 is 0. The van der Waals surface area contributed by atoms with Crippen molar-refractivity contribution >= 4 is 23.2 Å². The van der Waals surface area contributed by atoms with E-state index in [1.807, 2.05) is 25.1 Å². The van der Waals surface area contributed by atoms with Crippen LogP contribution in [0.25, 0.3) is 0 Å². The molecule has 0 atom stereocenters. The van der Waals surface area contributed by atoms with Gasteiger partial charge in [0.15, 0.2) is 0 Å². The second-order valence-electron chi connectivity index (χ2n) is 5.74. The lowest BCUT2D eigenvalue weighted by molar-refractivity contribution is -0.121. The highest BCUT2D eigenvalue weighted by Gasteiger charge is 2.12. The van der Waals surface area contributed by atoms with E-state index >= 15 is 0 Å². The lowest BCUT2D eigenvalue weighted by Crippen LogP contribution is -2.41. The summed E-state index contributed by atoms with van der Waals surface area (Å²) in [6, 6.07) is 10.1. The van der Waals surface area contributed by atoms with E-state index in [2.05, 4.69) is 36.8 Å². The first-order valence-electron chi connectivity index (χ1n) is 8.29. The SMILES string of the molecule is CCc1ccc(CCC(=O)NNC(=O)c2cc(C)c(CC)s2)cc1. The van der Waals surface area contributed by atoms with Crippen molar-refractivity contribution in [1.29, 1.82) is 0 Å². The molecule has 0 radical (unpaired) electrons. The second-order valence-corrected chi connectivity index (χ2v) is 6.88. The average Bonchev–Trinajstić information content (AvgIpc) is 2.99. The van der Waals surface area contributed by atoms with Gasteiger partial charge < -0.3 is 0 Å². The van der Waals surface area contributed by atoms with Gasteiger partial charge in [-0.3, -0.25) is 20.4 Å².